The Morgan fingerprint density at radius 1 is 0.340 bits per heavy atom. The molecule has 12 aromatic rings. The van der Waals surface area contributed by atoms with Crippen molar-refractivity contribution in [3.63, 3.8) is 0 Å². The molecule has 4 nitrogen and oxygen atoms in total. The van der Waals surface area contributed by atoms with Crippen molar-refractivity contribution in [1.82, 2.24) is 0 Å². The molecule has 8 aromatic carbocycles. The molecule has 103 heavy (non-hydrogen) atoms. The average Bonchev–Trinajstić information content (AvgIpc) is 1.54. The molecule has 0 bridgehead atoms. The van der Waals surface area contributed by atoms with Crippen molar-refractivity contribution in [2.24, 2.45) is 0 Å². The summed E-state index contributed by atoms with van der Waals surface area (Å²) in [7, 11) is -2.74. The summed E-state index contributed by atoms with van der Waals surface area (Å²) in [6.45, 7) is 27.7. The van der Waals surface area contributed by atoms with Crippen LogP contribution in [-0.2, 0) is 34.1 Å². The Hall–Kier alpha value is -8.84. The maximum atomic E-state index is 7.82. The minimum absolute atomic E-state index is 0.00666. The van der Waals surface area contributed by atoms with Crippen molar-refractivity contribution in [3.8, 4) is 44.5 Å². The number of aryl methyl sites for hydroxylation is 4. The van der Waals surface area contributed by atoms with Gasteiger partial charge in [0.2, 0.25) is 0 Å². The van der Waals surface area contributed by atoms with Gasteiger partial charge in [0.1, 0.15) is 0 Å². The first-order valence-electron chi connectivity index (χ1n) is 37.7. The zero-order valence-electron chi connectivity index (χ0n) is 61.6. The molecular formula is C96H90O4Si2Zr. The van der Waals surface area contributed by atoms with Gasteiger partial charge in [-0.2, -0.15) is 0 Å². The summed E-state index contributed by atoms with van der Waals surface area (Å²) in [5.41, 5.74) is 34.0. The summed E-state index contributed by atoms with van der Waals surface area (Å²) < 4.78 is 29.8. The van der Waals surface area contributed by atoms with Gasteiger partial charge in [-0.15, -0.1) is 0 Å². The van der Waals surface area contributed by atoms with Crippen molar-refractivity contribution in [2.75, 3.05) is 0 Å². The van der Waals surface area contributed by atoms with E-state index in [1.165, 1.54) is 182 Å². The number of allylic oxidation sites excluding steroid dienone is 6. The topological polar surface area (TPSA) is 52.6 Å². The number of rotatable bonds is 14. The first kappa shape index (κ1) is 66.1. The zero-order chi connectivity index (χ0) is 70.5. The van der Waals surface area contributed by atoms with Crippen molar-refractivity contribution >= 4 is 73.6 Å². The number of hydrogen-bond acceptors (Lipinski definition) is 4. The van der Waals surface area contributed by atoms with Gasteiger partial charge in [0.05, 0.1) is 0 Å². The molecule has 2 fully saturated rings. The van der Waals surface area contributed by atoms with Crippen molar-refractivity contribution in [3.05, 3.63) is 319 Å². The summed E-state index contributed by atoms with van der Waals surface area (Å²) in [6, 6.07) is 84.4. The van der Waals surface area contributed by atoms with Crippen molar-refractivity contribution < 1.29 is 40.9 Å². The second-order valence-electron chi connectivity index (χ2n) is 32.5. The van der Waals surface area contributed by atoms with Crippen LogP contribution in [0, 0.1) is 41.5 Å². The number of fused-ring (bicyclic) bond motifs is 4. The Morgan fingerprint density at radius 3 is 1.00 bits per heavy atom. The van der Waals surface area contributed by atoms with Crippen LogP contribution in [0.4, 0.5) is 0 Å². The van der Waals surface area contributed by atoms with Gasteiger partial charge < -0.3 is 0 Å². The molecule has 0 amide bonds. The molecule has 4 unspecified atom stereocenters. The fourth-order valence-corrected chi connectivity index (χ4v) is 28.9. The van der Waals surface area contributed by atoms with Gasteiger partial charge in [-0.25, -0.2) is 0 Å². The summed E-state index contributed by atoms with van der Waals surface area (Å²) in [5.74, 6) is 7.18. The normalized spacial score (nSPS) is 18.6. The summed E-state index contributed by atoms with van der Waals surface area (Å²) in [4.78, 5) is 0. The zero-order valence-corrected chi connectivity index (χ0v) is 66.4. The van der Waals surface area contributed by atoms with Crippen LogP contribution in [0.2, 0.25) is 24.2 Å². The molecular weight excluding hydrogens is 1360 g/mol. The van der Waals surface area contributed by atoms with E-state index in [2.05, 4.69) is 301 Å². The van der Waals surface area contributed by atoms with Gasteiger partial charge in [-0.1, -0.05) is 0 Å². The summed E-state index contributed by atoms with van der Waals surface area (Å²) >= 11 is -2.11. The van der Waals surface area contributed by atoms with Gasteiger partial charge in [-0.3, -0.25) is 0 Å². The molecule has 2 aliphatic heterocycles. The quantitative estimate of drug-likeness (QED) is 0.102. The molecule has 0 saturated carbocycles. The van der Waals surface area contributed by atoms with E-state index < -0.39 is 40.8 Å². The Labute approximate surface area is 623 Å². The number of benzene rings is 8. The van der Waals surface area contributed by atoms with Crippen LogP contribution in [0.25, 0.3) is 90.1 Å². The Morgan fingerprint density at radius 2 is 0.689 bits per heavy atom. The number of hydrogen-bond donors (Lipinski definition) is 0. The van der Waals surface area contributed by atoms with E-state index in [1.807, 2.05) is 0 Å². The maximum absolute atomic E-state index is 7.82. The Kier molecular flexibility index (Phi) is 16.4. The second-order valence-corrected chi connectivity index (χ2v) is 42.5. The first-order chi connectivity index (χ1) is 49.9. The van der Waals surface area contributed by atoms with Crippen LogP contribution in [0.5, 0.6) is 0 Å². The van der Waals surface area contributed by atoms with Crippen LogP contribution in [-0.4, -0.2) is 17.6 Å². The van der Waals surface area contributed by atoms with Gasteiger partial charge in [0.15, 0.2) is 0 Å². The fraction of sp³-hybridized carbons (Fsp3) is 0.250. The summed E-state index contributed by atoms with van der Waals surface area (Å²) in [5, 5.41) is 3.30. The molecule has 6 aliphatic rings. The molecule has 6 heterocycles. The predicted octanol–water partition coefficient (Wildman–Crippen LogP) is 24.2. The van der Waals surface area contributed by atoms with Crippen LogP contribution in [0.15, 0.2) is 224 Å². The van der Waals surface area contributed by atoms with Gasteiger partial charge >= 0.3 is 628 Å². The Bertz CT molecular complexity index is 5180. The fourth-order valence-electron chi connectivity index (χ4n) is 18.5. The van der Waals surface area contributed by atoms with Crippen LogP contribution in [0.1, 0.15) is 186 Å². The molecule has 510 valence electrons. The predicted molar refractivity (Wildman–Crippen MR) is 431 cm³/mol. The van der Waals surface area contributed by atoms with Gasteiger partial charge in [0, 0.05) is 0 Å². The van der Waals surface area contributed by atoms with Crippen molar-refractivity contribution in [2.45, 2.75) is 150 Å². The molecule has 7 heteroatoms. The standard InChI is InChI=1S/2C48H45O2Si.Zr/c2*1-29-18-20-35-36(43(29)32-14-9-7-10-15-32)28-38(39-21-19-30(2)49-39)46(35)47-37(40-22-23-42(50-40)48(4,5)6)26-34-27-41(51-24-13-25-51)31(3)44(45(34)47)33-16-11-8-12-17-33;/h2*7-12,14-23,26-28,46,51H,13,24-25H2,1-6H3;. The average molecular weight is 1460 g/mol. The van der Waals surface area contributed by atoms with E-state index in [1.54, 1.807) is 10.4 Å². The minimum atomic E-state index is -2.11. The molecule has 2 saturated heterocycles. The van der Waals surface area contributed by atoms with Crippen LogP contribution >= 0.6 is 0 Å². The van der Waals surface area contributed by atoms with Gasteiger partial charge in [0.25, 0.3) is 0 Å². The third-order valence-corrected chi connectivity index (χ3v) is 35.9. The van der Waals surface area contributed by atoms with Crippen molar-refractivity contribution in [1.29, 1.82) is 0 Å². The molecule has 0 N–H and O–H groups in total. The second kappa shape index (κ2) is 25.5. The number of furan rings is 4. The van der Waals surface area contributed by atoms with Crippen LogP contribution in [0.3, 0.4) is 0 Å². The van der Waals surface area contributed by atoms with E-state index in [4.69, 9.17) is 17.7 Å². The van der Waals surface area contributed by atoms with E-state index in [9.17, 15) is 0 Å². The monoisotopic (exact) mass is 1450 g/mol. The third kappa shape index (κ3) is 11.0. The van der Waals surface area contributed by atoms with E-state index in [0.29, 0.717) is 0 Å². The molecule has 4 atom stereocenters. The Balaban J connectivity index is 1.000. The third-order valence-electron chi connectivity index (χ3n) is 24.0. The molecule has 0 radical (unpaired) electrons. The molecule has 4 aromatic heterocycles. The first-order valence-corrected chi connectivity index (χ1v) is 45.0. The molecule has 4 aliphatic carbocycles. The van der Waals surface area contributed by atoms with E-state index in [-0.39, 0.29) is 29.9 Å². The van der Waals surface area contributed by atoms with Crippen LogP contribution < -0.4 is 10.4 Å². The molecule has 18 rings (SSSR count). The molecule has 0 spiro atoms. The van der Waals surface area contributed by atoms with E-state index in [0.717, 1.165) is 46.1 Å². The summed E-state index contributed by atoms with van der Waals surface area (Å²) in [6.07, 6.45) is 7.66. The van der Waals surface area contributed by atoms with E-state index >= 15 is 0 Å². The SMILES string of the molecule is Cc1ccc(C2=Cc3c(ccc(C)c3-c3ccccc3)C2C2=C(c3ccc(C(C)(C)C)o3)[CH]([Zr][CH]3C(c4ccc(C(C)(C)C)o4)=C(C4C(c5ccc(C)o5)=Cc5c4ccc(C)c5-c4ccccc4)c4c3cc([SiH]3CCC3)c(C)c4-c3ccccc3)c3cc([SiH]4CCC4)c(C)c(-c4ccccc4)c32)o1. The van der Waals surface area contributed by atoms with Gasteiger partial charge in [-0.05, 0) is 0 Å².